The first-order valence-corrected chi connectivity index (χ1v) is 17.0. The van der Waals surface area contributed by atoms with E-state index in [4.69, 9.17) is 14.6 Å². The van der Waals surface area contributed by atoms with Crippen LogP contribution >= 0.6 is 0 Å². The minimum absolute atomic E-state index is 0.0677. The molecule has 300 valence electrons. The number of carbonyl (C=O) groups is 6. The zero-order valence-corrected chi connectivity index (χ0v) is 29.9. The van der Waals surface area contributed by atoms with Crippen molar-refractivity contribution in [2.45, 2.75) is 71.6 Å². The van der Waals surface area contributed by atoms with Crippen molar-refractivity contribution in [3.05, 3.63) is 50.3 Å². The number of urea groups is 1. The average Bonchev–Trinajstić information content (AvgIpc) is 3.59. The maximum atomic E-state index is 13.7. The summed E-state index contributed by atoms with van der Waals surface area (Å²) in [7, 11) is 0. The Morgan fingerprint density at radius 2 is 1.67 bits per heavy atom. The maximum Gasteiger partial charge on any atom is 0.426 e. The van der Waals surface area contributed by atoms with Gasteiger partial charge in [0.25, 0.3) is 17.3 Å². The van der Waals surface area contributed by atoms with Crippen LogP contribution in [0.2, 0.25) is 0 Å². The minimum atomic E-state index is -1.97. The van der Waals surface area contributed by atoms with Crippen molar-refractivity contribution in [1.29, 1.82) is 0 Å². The molecular formula is C31H41N9O15. The molecule has 1 fully saturated rings. The van der Waals surface area contributed by atoms with Crippen LogP contribution in [0.15, 0.2) is 24.4 Å². The van der Waals surface area contributed by atoms with E-state index < -0.39 is 87.9 Å². The van der Waals surface area contributed by atoms with Gasteiger partial charge in [-0.2, -0.15) is 5.01 Å². The van der Waals surface area contributed by atoms with Crippen LogP contribution in [0.1, 0.15) is 58.1 Å². The standard InChI is InChI=1S/C31H41N9O15/c1-3-31(4-2)27(45)37(23(26(43)44)9-10-25(41)42)29(47)38(28(31)46)36(30(48)49)13-6-5-12-35-18-20(33-34-35)19-55-16-15-54-14-11-32-22-8-7-21(39(50)51)17-24(22)40(52)53/h7-8,17-18,23,32H,3-6,9-16,19H2,1-2H3,(H,41,42)(H,43,44)(H,48,49)/t23-/m0/s1. The largest absolute Gasteiger partial charge is 0.481 e. The molecule has 24 nitrogen and oxygen atoms in total. The Morgan fingerprint density at radius 3 is 2.27 bits per heavy atom. The molecule has 1 aromatic heterocycles. The Bertz CT molecular complexity index is 1760. The van der Waals surface area contributed by atoms with E-state index >= 15 is 0 Å². The number of hydrazine groups is 1. The summed E-state index contributed by atoms with van der Waals surface area (Å²) >= 11 is 0. The number of barbiturate groups is 1. The summed E-state index contributed by atoms with van der Waals surface area (Å²) in [6.45, 7) is 3.48. The van der Waals surface area contributed by atoms with E-state index in [9.17, 15) is 59.2 Å². The molecule has 0 unspecified atom stereocenters. The first-order chi connectivity index (χ1) is 26.1. The molecule has 0 spiro atoms. The number of aryl methyl sites for hydroxylation is 1. The molecule has 0 bridgehead atoms. The number of nitrogens with zero attached hydrogens (tertiary/aromatic N) is 8. The Kier molecular flexibility index (Phi) is 15.4. The summed E-state index contributed by atoms with van der Waals surface area (Å²) < 4.78 is 12.4. The topological polar surface area (TPSA) is 320 Å². The number of benzene rings is 1. The second-order valence-electron chi connectivity index (χ2n) is 12.0. The molecule has 1 saturated heterocycles. The third-order valence-corrected chi connectivity index (χ3v) is 8.68. The lowest BCUT2D eigenvalue weighted by Gasteiger charge is -2.47. The molecule has 1 aromatic carbocycles. The van der Waals surface area contributed by atoms with Crippen molar-refractivity contribution >= 4 is 52.9 Å². The number of imide groups is 2. The number of hydrogen-bond donors (Lipinski definition) is 4. The number of carbonyl (C=O) groups excluding carboxylic acids is 3. The van der Waals surface area contributed by atoms with Crippen LogP contribution in [0.4, 0.5) is 26.7 Å². The van der Waals surface area contributed by atoms with Crippen molar-refractivity contribution in [1.82, 2.24) is 29.9 Å². The van der Waals surface area contributed by atoms with Crippen LogP contribution in [-0.2, 0) is 41.8 Å². The molecule has 1 aliphatic heterocycles. The van der Waals surface area contributed by atoms with E-state index in [1.165, 1.54) is 24.6 Å². The van der Waals surface area contributed by atoms with Gasteiger partial charge in [-0.25, -0.2) is 24.3 Å². The highest BCUT2D eigenvalue weighted by Crippen LogP contribution is 2.38. The maximum absolute atomic E-state index is 13.7. The number of ether oxygens (including phenoxy) is 2. The van der Waals surface area contributed by atoms with Gasteiger partial charge in [0.1, 0.15) is 22.8 Å². The molecule has 1 atom stereocenters. The number of nitro benzene ring substituents is 2. The number of amides is 5. The predicted octanol–water partition coefficient (Wildman–Crippen LogP) is 2.33. The summed E-state index contributed by atoms with van der Waals surface area (Å²) in [5.41, 5.74) is -2.26. The van der Waals surface area contributed by atoms with Crippen molar-refractivity contribution in [3.63, 3.8) is 0 Å². The Hall–Kier alpha value is -6.30. The first-order valence-electron chi connectivity index (χ1n) is 17.0. The number of aromatic nitrogens is 3. The van der Waals surface area contributed by atoms with Crippen molar-refractivity contribution in [2.24, 2.45) is 5.41 Å². The van der Waals surface area contributed by atoms with Crippen LogP contribution in [0.5, 0.6) is 0 Å². The van der Waals surface area contributed by atoms with Gasteiger partial charge >= 0.3 is 24.1 Å². The van der Waals surface area contributed by atoms with Crippen molar-refractivity contribution in [2.75, 3.05) is 38.2 Å². The smallest absolute Gasteiger partial charge is 0.426 e. The third kappa shape index (κ3) is 10.7. The van der Waals surface area contributed by atoms with Gasteiger partial charge in [-0.1, -0.05) is 19.1 Å². The van der Waals surface area contributed by atoms with E-state index in [1.54, 1.807) is 6.20 Å². The summed E-state index contributed by atoms with van der Waals surface area (Å²) in [4.78, 5) is 97.3. The molecule has 3 rings (SSSR count). The van der Waals surface area contributed by atoms with Gasteiger partial charge < -0.3 is 30.1 Å². The third-order valence-electron chi connectivity index (χ3n) is 8.68. The lowest BCUT2D eigenvalue weighted by atomic mass is 9.77. The number of nitrogens with one attached hydrogen (secondary N) is 1. The number of carboxylic acids is 2. The molecule has 2 heterocycles. The second-order valence-corrected chi connectivity index (χ2v) is 12.0. The first kappa shape index (κ1) is 43.1. The minimum Gasteiger partial charge on any atom is -0.481 e. The van der Waals surface area contributed by atoms with E-state index in [0.29, 0.717) is 10.7 Å². The quantitative estimate of drug-likeness (QED) is 0.0514. The highest BCUT2D eigenvalue weighted by molar-refractivity contribution is 6.20. The Morgan fingerprint density at radius 1 is 0.982 bits per heavy atom. The summed E-state index contributed by atoms with van der Waals surface area (Å²) in [6.07, 6.45) is -1.54. The SMILES string of the molecule is CCC1(CC)C(=O)N([C@@H](CCC(=O)O)C(=O)O)C(=O)N(N(CCCCn2cc(COCCOCCNc3ccc([N+](=O)[O-])cc3[N+](=O)[O-])nn2)C(=O)O)C1=O. The van der Waals surface area contributed by atoms with Crippen molar-refractivity contribution < 1.29 is 63.4 Å². The van der Waals surface area contributed by atoms with Gasteiger partial charge in [0.15, 0.2) is 0 Å². The number of nitro groups is 2. The molecule has 4 N–H and O–H groups in total. The molecular weight excluding hydrogens is 738 g/mol. The molecule has 1 aliphatic rings. The summed E-state index contributed by atoms with van der Waals surface area (Å²) in [5, 5.41) is 62.5. The normalized spacial score (nSPS) is 14.5. The number of unbranched alkanes of at least 4 members (excludes halogenated alkanes) is 1. The fourth-order valence-electron chi connectivity index (χ4n) is 5.69. The molecule has 0 aliphatic carbocycles. The van der Waals surface area contributed by atoms with E-state index in [-0.39, 0.29) is 80.8 Å². The monoisotopic (exact) mass is 779 g/mol. The summed E-state index contributed by atoms with van der Waals surface area (Å²) in [5.74, 6) is -5.37. The highest BCUT2D eigenvalue weighted by Gasteiger charge is 2.60. The number of rotatable bonds is 24. The van der Waals surface area contributed by atoms with E-state index in [2.05, 4.69) is 15.6 Å². The van der Waals surface area contributed by atoms with E-state index in [1.807, 2.05) is 0 Å². The molecule has 55 heavy (non-hydrogen) atoms. The number of non-ortho nitro benzene ring substituents is 1. The van der Waals surface area contributed by atoms with Gasteiger partial charge in [-0.3, -0.25) is 39.3 Å². The summed E-state index contributed by atoms with van der Waals surface area (Å²) in [6, 6.07) is -0.228. The predicted molar refractivity (Wildman–Crippen MR) is 183 cm³/mol. The van der Waals surface area contributed by atoms with Crippen LogP contribution < -0.4 is 5.32 Å². The van der Waals surface area contributed by atoms with Crippen LogP contribution in [0.25, 0.3) is 0 Å². The average molecular weight is 780 g/mol. The Balaban J connectivity index is 1.49. The van der Waals surface area contributed by atoms with Gasteiger partial charge in [0, 0.05) is 32.1 Å². The lowest BCUT2D eigenvalue weighted by Crippen LogP contribution is -2.71. The fourth-order valence-corrected chi connectivity index (χ4v) is 5.69. The van der Waals surface area contributed by atoms with Gasteiger partial charge in [-0.15, -0.1) is 5.10 Å². The molecule has 24 heteroatoms. The van der Waals surface area contributed by atoms with Gasteiger partial charge in [-0.05, 0) is 38.2 Å². The fraction of sp³-hybridized carbons (Fsp3) is 0.548. The number of carboxylic acid groups (broad SMARTS) is 3. The van der Waals surface area contributed by atoms with Crippen LogP contribution in [0.3, 0.4) is 0 Å². The number of aliphatic carboxylic acids is 2. The van der Waals surface area contributed by atoms with Crippen LogP contribution in [-0.4, -0.2) is 130 Å². The van der Waals surface area contributed by atoms with Gasteiger partial charge in [0.2, 0.25) is 5.91 Å². The van der Waals surface area contributed by atoms with Gasteiger partial charge in [0.05, 0.1) is 48.5 Å². The number of anilines is 1. The zero-order valence-electron chi connectivity index (χ0n) is 29.9. The molecule has 0 saturated carbocycles. The van der Waals surface area contributed by atoms with Crippen molar-refractivity contribution in [3.8, 4) is 0 Å². The van der Waals surface area contributed by atoms with Crippen LogP contribution in [0, 0.1) is 25.6 Å². The second kappa shape index (κ2) is 19.7. The molecule has 2 aromatic rings. The van der Waals surface area contributed by atoms with E-state index in [0.717, 1.165) is 12.1 Å². The number of hydrogen-bond acceptors (Lipinski definition) is 15. The highest BCUT2D eigenvalue weighted by atomic mass is 16.6. The Labute approximate surface area is 311 Å². The molecule has 0 radical (unpaired) electrons. The lowest BCUT2D eigenvalue weighted by molar-refractivity contribution is -0.393. The zero-order chi connectivity index (χ0) is 40.9. The molecule has 5 amide bonds.